The summed E-state index contributed by atoms with van der Waals surface area (Å²) in [4.78, 5) is 0. The van der Waals surface area contributed by atoms with E-state index >= 15 is 0 Å². The van der Waals surface area contributed by atoms with Crippen molar-refractivity contribution in [2.45, 2.75) is 28.7 Å². The van der Waals surface area contributed by atoms with Crippen LogP contribution in [-0.2, 0) is 5.75 Å². The van der Waals surface area contributed by atoms with Crippen molar-refractivity contribution in [3.8, 4) is 0 Å². The Bertz CT molecular complexity index is 664. The van der Waals surface area contributed by atoms with Crippen LogP contribution in [0.5, 0.6) is 0 Å². The molecule has 1 nitrogen and oxygen atoms in total. The van der Waals surface area contributed by atoms with Crippen molar-refractivity contribution >= 4 is 23.1 Å². The summed E-state index contributed by atoms with van der Waals surface area (Å²) in [6, 6.07) is 11.6. The summed E-state index contributed by atoms with van der Waals surface area (Å²) in [6.07, 6.45) is 2.71. The van der Waals surface area contributed by atoms with Gasteiger partial charge in [-0.05, 0) is 34.1 Å². The summed E-state index contributed by atoms with van der Waals surface area (Å²) in [5, 5.41) is 2.29. The van der Waals surface area contributed by atoms with Crippen LogP contribution in [0.25, 0.3) is 0 Å². The Morgan fingerprint density at radius 3 is 2.59 bits per heavy atom. The SMILES string of the molecule is C[N+]1(C)CCC([C@H]2c3ccccc3CSc3sccc32)CC1. The molecule has 0 amide bonds. The maximum absolute atomic E-state index is 2.40. The predicted octanol–water partition coefficient (Wildman–Crippen LogP) is 4.97. The minimum absolute atomic E-state index is 0.618. The maximum atomic E-state index is 2.40. The van der Waals surface area contributed by atoms with Crippen LogP contribution in [0.1, 0.15) is 35.4 Å². The molecule has 2 aliphatic rings. The van der Waals surface area contributed by atoms with E-state index in [0.717, 1.165) is 11.7 Å². The van der Waals surface area contributed by atoms with Gasteiger partial charge in [-0.1, -0.05) is 24.3 Å². The van der Waals surface area contributed by atoms with E-state index in [-0.39, 0.29) is 0 Å². The van der Waals surface area contributed by atoms with Gasteiger partial charge in [-0.2, -0.15) is 0 Å². The zero-order valence-corrected chi connectivity index (χ0v) is 15.1. The Morgan fingerprint density at radius 2 is 1.77 bits per heavy atom. The van der Waals surface area contributed by atoms with Gasteiger partial charge in [0.05, 0.1) is 31.4 Å². The summed E-state index contributed by atoms with van der Waals surface area (Å²) in [5.41, 5.74) is 4.77. The smallest absolute Gasteiger partial charge is 0.0785 e. The van der Waals surface area contributed by atoms with Gasteiger partial charge in [0.1, 0.15) is 0 Å². The molecule has 1 saturated heterocycles. The minimum atomic E-state index is 0.618. The number of hydrogen-bond acceptors (Lipinski definition) is 2. The maximum Gasteiger partial charge on any atom is 0.0785 e. The molecule has 1 aromatic heterocycles. The number of thioether (sulfide) groups is 1. The Balaban J connectivity index is 1.75. The molecule has 0 N–H and O–H groups in total. The molecule has 0 aliphatic carbocycles. The van der Waals surface area contributed by atoms with E-state index in [1.807, 2.05) is 23.1 Å². The highest BCUT2D eigenvalue weighted by Crippen LogP contribution is 2.48. The van der Waals surface area contributed by atoms with Crippen LogP contribution in [0.2, 0.25) is 0 Å². The van der Waals surface area contributed by atoms with E-state index in [1.165, 1.54) is 30.4 Å². The summed E-state index contributed by atoms with van der Waals surface area (Å²) in [7, 11) is 4.76. The van der Waals surface area contributed by atoms with E-state index in [0.29, 0.717) is 5.92 Å². The number of thiophene rings is 1. The number of likely N-dealkylation sites (tertiary alicyclic amines) is 1. The zero-order chi connectivity index (χ0) is 15.2. The first-order chi connectivity index (χ1) is 10.6. The Kier molecular flexibility index (Phi) is 3.83. The summed E-state index contributed by atoms with van der Waals surface area (Å²) < 4.78 is 2.75. The molecule has 1 atom stereocenters. The third-order valence-corrected chi connectivity index (χ3v) is 7.74. The van der Waals surface area contributed by atoms with Crippen molar-refractivity contribution in [1.29, 1.82) is 0 Å². The lowest BCUT2D eigenvalue weighted by Gasteiger charge is -2.40. The Morgan fingerprint density at radius 1 is 1.00 bits per heavy atom. The minimum Gasteiger partial charge on any atom is -0.328 e. The van der Waals surface area contributed by atoms with E-state index in [1.54, 1.807) is 20.9 Å². The molecule has 3 heteroatoms. The van der Waals surface area contributed by atoms with Gasteiger partial charge >= 0.3 is 0 Å². The van der Waals surface area contributed by atoms with Crippen molar-refractivity contribution in [3.05, 3.63) is 52.4 Å². The fourth-order valence-corrected chi connectivity index (χ4v) is 6.26. The summed E-state index contributed by atoms with van der Waals surface area (Å²) in [6.45, 7) is 2.63. The standard InChI is InChI=1S/C19H24NS2/c1-20(2)10-7-14(8-11-20)18-16-6-4-3-5-15(16)13-22-19-17(18)9-12-21-19/h3-6,9,12,14,18H,7-8,10-11,13H2,1-2H3/q+1/t18-/m0/s1. The van der Waals surface area contributed by atoms with Gasteiger partial charge in [0.15, 0.2) is 0 Å². The first-order valence-electron chi connectivity index (χ1n) is 8.24. The lowest BCUT2D eigenvalue weighted by atomic mass is 9.75. The fraction of sp³-hybridized carbons (Fsp3) is 0.474. The molecule has 1 aromatic carbocycles. The zero-order valence-electron chi connectivity index (χ0n) is 13.4. The highest BCUT2D eigenvalue weighted by atomic mass is 32.2. The van der Waals surface area contributed by atoms with Gasteiger partial charge in [0, 0.05) is 24.5 Å². The lowest BCUT2D eigenvalue weighted by molar-refractivity contribution is -0.896. The molecular weight excluding hydrogens is 306 g/mol. The first kappa shape index (κ1) is 14.8. The highest BCUT2D eigenvalue weighted by molar-refractivity contribution is 8.00. The van der Waals surface area contributed by atoms with Crippen molar-refractivity contribution in [2.24, 2.45) is 5.92 Å². The number of nitrogens with zero attached hydrogens (tertiary/aromatic N) is 1. The van der Waals surface area contributed by atoms with Crippen LogP contribution in [-0.4, -0.2) is 31.7 Å². The molecule has 2 aromatic rings. The molecule has 0 radical (unpaired) electrons. The molecule has 0 spiro atoms. The molecule has 0 unspecified atom stereocenters. The molecule has 1 fully saturated rings. The molecular formula is C19H24NS2+. The van der Waals surface area contributed by atoms with E-state index in [2.05, 4.69) is 49.8 Å². The van der Waals surface area contributed by atoms with Gasteiger partial charge in [-0.25, -0.2) is 0 Å². The van der Waals surface area contributed by atoms with Crippen LogP contribution >= 0.6 is 23.1 Å². The second-order valence-electron chi connectivity index (χ2n) is 7.35. The van der Waals surface area contributed by atoms with Crippen molar-refractivity contribution in [3.63, 3.8) is 0 Å². The van der Waals surface area contributed by atoms with Crippen LogP contribution < -0.4 is 0 Å². The second kappa shape index (κ2) is 5.70. The molecule has 22 heavy (non-hydrogen) atoms. The average Bonchev–Trinajstić information content (AvgIpc) is 2.91. The Hall–Kier alpha value is -0.770. The van der Waals surface area contributed by atoms with E-state index < -0.39 is 0 Å². The van der Waals surface area contributed by atoms with E-state index in [4.69, 9.17) is 0 Å². The third-order valence-electron chi connectivity index (χ3n) is 5.42. The number of fused-ring (bicyclic) bond motifs is 2. The quantitative estimate of drug-likeness (QED) is 0.665. The van der Waals surface area contributed by atoms with Crippen LogP contribution in [0.4, 0.5) is 0 Å². The van der Waals surface area contributed by atoms with Gasteiger partial charge < -0.3 is 4.48 Å². The van der Waals surface area contributed by atoms with Crippen LogP contribution in [0, 0.1) is 5.92 Å². The van der Waals surface area contributed by atoms with Crippen molar-refractivity contribution < 1.29 is 4.48 Å². The average molecular weight is 331 g/mol. The summed E-state index contributed by atoms with van der Waals surface area (Å²) >= 11 is 3.98. The number of hydrogen-bond donors (Lipinski definition) is 0. The second-order valence-corrected chi connectivity index (χ2v) is 9.51. The molecule has 2 aliphatic heterocycles. The van der Waals surface area contributed by atoms with E-state index in [9.17, 15) is 0 Å². The lowest BCUT2D eigenvalue weighted by Crippen LogP contribution is -2.47. The molecule has 3 heterocycles. The molecule has 0 saturated carbocycles. The number of quaternary nitrogens is 1. The largest absolute Gasteiger partial charge is 0.328 e. The fourth-order valence-electron chi connectivity index (χ4n) is 4.06. The molecule has 116 valence electrons. The number of benzene rings is 1. The third kappa shape index (κ3) is 2.64. The van der Waals surface area contributed by atoms with Gasteiger partial charge in [-0.3, -0.25) is 0 Å². The normalized spacial score (nSPS) is 24.4. The van der Waals surface area contributed by atoms with Crippen LogP contribution in [0.15, 0.2) is 39.9 Å². The molecule has 0 bridgehead atoms. The predicted molar refractivity (Wildman–Crippen MR) is 96.7 cm³/mol. The first-order valence-corrected chi connectivity index (χ1v) is 10.1. The number of piperidine rings is 1. The monoisotopic (exact) mass is 330 g/mol. The van der Waals surface area contributed by atoms with Gasteiger partial charge in [-0.15, -0.1) is 23.1 Å². The van der Waals surface area contributed by atoms with Crippen molar-refractivity contribution in [1.82, 2.24) is 0 Å². The number of rotatable bonds is 1. The van der Waals surface area contributed by atoms with Crippen LogP contribution in [0.3, 0.4) is 0 Å². The summed E-state index contributed by atoms with van der Waals surface area (Å²) in [5.74, 6) is 2.56. The Labute approximate surface area is 141 Å². The van der Waals surface area contributed by atoms with Crippen molar-refractivity contribution in [2.75, 3.05) is 27.2 Å². The highest BCUT2D eigenvalue weighted by Gasteiger charge is 2.36. The topological polar surface area (TPSA) is 0 Å². The molecule has 4 rings (SSSR count). The van der Waals surface area contributed by atoms with Gasteiger partial charge in [0.25, 0.3) is 0 Å². The van der Waals surface area contributed by atoms with Gasteiger partial charge in [0.2, 0.25) is 0 Å².